The van der Waals surface area contributed by atoms with E-state index in [1.165, 1.54) is 12.1 Å². The van der Waals surface area contributed by atoms with Crippen molar-refractivity contribution in [1.29, 1.82) is 0 Å². The van der Waals surface area contributed by atoms with Crippen molar-refractivity contribution in [2.24, 2.45) is 0 Å². The molecule has 0 spiro atoms. The summed E-state index contributed by atoms with van der Waals surface area (Å²) < 4.78 is 21.6. The zero-order valence-corrected chi connectivity index (χ0v) is 14.4. The number of phenols is 1. The lowest BCUT2D eigenvalue weighted by molar-refractivity contribution is -0.155. The van der Waals surface area contributed by atoms with Crippen LogP contribution in [0.5, 0.6) is 17.2 Å². The third-order valence-electron chi connectivity index (χ3n) is 4.36. The number of ether oxygens (including phenoxy) is 3. The first-order chi connectivity index (χ1) is 13.0. The van der Waals surface area contributed by atoms with Gasteiger partial charge in [0.15, 0.2) is 11.5 Å². The van der Waals surface area contributed by atoms with E-state index < -0.39 is 17.7 Å². The summed E-state index contributed by atoms with van der Waals surface area (Å²) in [6.07, 6.45) is -0.892. The number of benzene rings is 2. The Balaban J connectivity index is 1.53. The van der Waals surface area contributed by atoms with Crippen LogP contribution in [-0.4, -0.2) is 23.8 Å². The summed E-state index contributed by atoms with van der Waals surface area (Å²) in [5, 5.41) is 10.4. The quantitative estimate of drug-likeness (QED) is 0.561. The third kappa shape index (κ3) is 3.19. The van der Waals surface area contributed by atoms with Crippen LogP contribution in [0.2, 0.25) is 0 Å². The van der Waals surface area contributed by atoms with Crippen LogP contribution < -0.4 is 15.1 Å². The molecule has 1 aliphatic rings. The van der Waals surface area contributed by atoms with Gasteiger partial charge in [-0.15, -0.1) is 0 Å². The molecule has 1 aromatic heterocycles. The molecular weight excluding hydrogens is 352 g/mol. The Hall–Kier alpha value is -3.48. The fourth-order valence-corrected chi connectivity index (χ4v) is 2.91. The fraction of sp³-hybridized carbons (Fsp3) is 0.200. The molecule has 1 atom stereocenters. The molecule has 7 heteroatoms. The van der Waals surface area contributed by atoms with Gasteiger partial charge in [-0.1, -0.05) is 12.1 Å². The van der Waals surface area contributed by atoms with Crippen molar-refractivity contribution in [2.45, 2.75) is 19.6 Å². The van der Waals surface area contributed by atoms with E-state index in [2.05, 4.69) is 0 Å². The van der Waals surface area contributed by atoms with Crippen LogP contribution in [0.25, 0.3) is 11.0 Å². The molecular formula is C20H16O7. The van der Waals surface area contributed by atoms with Gasteiger partial charge in [0, 0.05) is 22.6 Å². The molecule has 0 unspecified atom stereocenters. The van der Waals surface area contributed by atoms with Crippen molar-refractivity contribution in [3.05, 3.63) is 64.0 Å². The van der Waals surface area contributed by atoms with Crippen LogP contribution in [0.1, 0.15) is 11.1 Å². The van der Waals surface area contributed by atoms with Gasteiger partial charge >= 0.3 is 11.6 Å². The number of aryl methyl sites for hydroxylation is 1. The van der Waals surface area contributed by atoms with Crippen LogP contribution in [0, 0.1) is 6.92 Å². The number of hydrogen-bond donors (Lipinski definition) is 1. The lowest BCUT2D eigenvalue weighted by atomic mass is 10.1. The number of carbonyl (C=O) groups excluding carboxylic acids is 1. The van der Waals surface area contributed by atoms with Crippen LogP contribution in [0.15, 0.2) is 51.7 Å². The first kappa shape index (κ1) is 17.0. The molecule has 27 heavy (non-hydrogen) atoms. The van der Waals surface area contributed by atoms with Gasteiger partial charge in [0.1, 0.15) is 24.5 Å². The minimum absolute atomic E-state index is 0.0196. The van der Waals surface area contributed by atoms with E-state index in [0.29, 0.717) is 28.0 Å². The topological polar surface area (TPSA) is 95.2 Å². The summed E-state index contributed by atoms with van der Waals surface area (Å²) in [6, 6.07) is 11.4. The molecule has 1 aliphatic heterocycles. The van der Waals surface area contributed by atoms with E-state index in [9.17, 15) is 14.7 Å². The number of carbonyl (C=O) groups is 1. The minimum Gasteiger partial charge on any atom is -0.508 e. The first-order valence-corrected chi connectivity index (χ1v) is 8.33. The summed E-state index contributed by atoms with van der Waals surface area (Å²) >= 11 is 0. The maximum atomic E-state index is 12.4. The molecule has 2 heterocycles. The molecule has 3 aromatic rings. The van der Waals surface area contributed by atoms with Gasteiger partial charge in [-0.25, -0.2) is 9.59 Å². The van der Waals surface area contributed by atoms with Gasteiger partial charge in [-0.3, -0.25) is 0 Å². The number of aromatic hydroxyl groups is 1. The molecule has 0 amide bonds. The summed E-state index contributed by atoms with van der Waals surface area (Å²) in [4.78, 5) is 24.2. The van der Waals surface area contributed by atoms with Gasteiger partial charge < -0.3 is 23.7 Å². The number of phenolic OH excluding ortho intramolecular Hbond substituents is 1. The monoisotopic (exact) mass is 368 g/mol. The van der Waals surface area contributed by atoms with E-state index in [-0.39, 0.29) is 24.5 Å². The summed E-state index contributed by atoms with van der Waals surface area (Å²) in [7, 11) is 0. The van der Waals surface area contributed by atoms with Crippen molar-refractivity contribution in [2.75, 3.05) is 6.61 Å². The molecule has 0 saturated carbocycles. The summed E-state index contributed by atoms with van der Waals surface area (Å²) in [5.74, 6) is 0.471. The molecule has 0 bridgehead atoms. The normalized spacial score (nSPS) is 15.5. The second kappa shape index (κ2) is 6.68. The molecule has 138 valence electrons. The average molecular weight is 368 g/mol. The number of rotatable bonds is 3. The molecule has 1 N–H and O–H groups in total. The minimum atomic E-state index is -0.892. The highest BCUT2D eigenvalue weighted by molar-refractivity contribution is 5.85. The molecule has 0 radical (unpaired) electrons. The van der Waals surface area contributed by atoms with Gasteiger partial charge in [0.05, 0.1) is 0 Å². The first-order valence-electron chi connectivity index (χ1n) is 8.33. The van der Waals surface area contributed by atoms with Crippen molar-refractivity contribution < 1.29 is 28.5 Å². The van der Waals surface area contributed by atoms with Crippen LogP contribution in [-0.2, 0) is 16.1 Å². The Bertz CT molecular complexity index is 1080. The number of esters is 1. The third-order valence-corrected chi connectivity index (χ3v) is 4.36. The van der Waals surface area contributed by atoms with E-state index in [1.54, 1.807) is 31.2 Å². The Labute approximate surface area is 153 Å². The maximum Gasteiger partial charge on any atom is 0.351 e. The van der Waals surface area contributed by atoms with Crippen LogP contribution >= 0.6 is 0 Å². The smallest absolute Gasteiger partial charge is 0.351 e. The predicted octanol–water partition coefficient (Wildman–Crippen LogP) is 2.69. The maximum absolute atomic E-state index is 12.4. The predicted molar refractivity (Wildman–Crippen MR) is 95.0 cm³/mol. The Morgan fingerprint density at radius 3 is 2.81 bits per heavy atom. The Kier molecular flexibility index (Phi) is 4.19. The van der Waals surface area contributed by atoms with Gasteiger partial charge in [-0.05, 0) is 31.2 Å². The van der Waals surface area contributed by atoms with Gasteiger partial charge in [0.2, 0.25) is 6.10 Å². The SMILES string of the molecule is Cc1c(O)ccc2c(COC(=O)[C@@H]3COc4ccccc4O3)cc(=O)oc12. The summed E-state index contributed by atoms with van der Waals surface area (Å²) in [6.45, 7) is 1.55. The zero-order chi connectivity index (χ0) is 19.0. The standard InChI is InChI=1S/C20H16O7/c1-11-14(21)7-6-13-12(8-18(22)27-19(11)13)9-25-20(23)17-10-24-15-4-2-3-5-16(15)26-17/h2-8,17,21H,9-10H2,1H3/t17-/m0/s1. The Morgan fingerprint density at radius 1 is 1.22 bits per heavy atom. The molecule has 2 aromatic carbocycles. The Morgan fingerprint density at radius 2 is 2.00 bits per heavy atom. The molecule has 4 rings (SSSR count). The van der Waals surface area contributed by atoms with E-state index in [4.69, 9.17) is 18.6 Å². The van der Waals surface area contributed by atoms with Crippen LogP contribution in [0.3, 0.4) is 0 Å². The zero-order valence-electron chi connectivity index (χ0n) is 14.4. The highest BCUT2D eigenvalue weighted by Crippen LogP contribution is 2.31. The van der Waals surface area contributed by atoms with Crippen molar-refractivity contribution in [1.82, 2.24) is 0 Å². The number of fused-ring (bicyclic) bond motifs is 2. The second-order valence-corrected chi connectivity index (χ2v) is 6.15. The van der Waals surface area contributed by atoms with Crippen LogP contribution in [0.4, 0.5) is 0 Å². The van der Waals surface area contributed by atoms with E-state index in [1.807, 2.05) is 6.07 Å². The molecule has 0 aliphatic carbocycles. The lowest BCUT2D eigenvalue weighted by Crippen LogP contribution is -2.37. The highest BCUT2D eigenvalue weighted by atomic mass is 16.6. The average Bonchev–Trinajstić information content (AvgIpc) is 2.68. The molecule has 0 fully saturated rings. The van der Waals surface area contributed by atoms with E-state index in [0.717, 1.165) is 0 Å². The lowest BCUT2D eigenvalue weighted by Gasteiger charge is -2.25. The number of hydrogen-bond acceptors (Lipinski definition) is 7. The van der Waals surface area contributed by atoms with Crippen molar-refractivity contribution >= 4 is 16.9 Å². The fourth-order valence-electron chi connectivity index (χ4n) is 2.91. The second-order valence-electron chi connectivity index (χ2n) is 6.15. The van der Waals surface area contributed by atoms with Gasteiger partial charge in [-0.2, -0.15) is 0 Å². The summed E-state index contributed by atoms with van der Waals surface area (Å²) in [5.41, 5.74) is 0.598. The molecule has 7 nitrogen and oxygen atoms in total. The number of para-hydroxylation sites is 2. The van der Waals surface area contributed by atoms with E-state index >= 15 is 0 Å². The highest BCUT2D eigenvalue weighted by Gasteiger charge is 2.28. The molecule has 0 saturated heterocycles. The largest absolute Gasteiger partial charge is 0.508 e. The van der Waals surface area contributed by atoms with Crippen molar-refractivity contribution in [3.8, 4) is 17.2 Å². The van der Waals surface area contributed by atoms with Gasteiger partial charge in [0.25, 0.3) is 0 Å². The van der Waals surface area contributed by atoms with Crippen molar-refractivity contribution in [3.63, 3.8) is 0 Å².